The second-order valence-electron chi connectivity index (χ2n) is 6.45. The van der Waals surface area contributed by atoms with E-state index in [2.05, 4.69) is 38.1 Å². The first-order valence-electron chi connectivity index (χ1n) is 8.64. The van der Waals surface area contributed by atoms with E-state index in [-0.39, 0.29) is 11.8 Å². The SMILES string of the molecule is CCc1cc(N2CCCC2CC(=O)c2cnn(C)c2)n2ncnc2n1. The predicted octanol–water partition coefficient (Wildman–Crippen LogP) is 1.66. The third-order valence-electron chi connectivity index (χ3n) is 4.77. The molecule has 0 radical (unpaired) electrons. The standard InChI is InChI=1S/C17H21N7O/c1-3-13-7-16(24-17(21-13)18-11-20-24)23-6-4-5-14(23)8-15(25)12-9-19-22(2)10-12/h7,9-11,14H,3-6,8H2,1-2H3. The van der Waals surface area contributed by atoms with Crippen LogP contribution in [0.4, 0.5) is 5.82 Å². The molecule has 0 saturated carbocycles. The Hall–Kier alpha value is -2.77. The number of carbonyl (C=O) groups is 1. The van der Waals surface area contributed by atoms with Gasteiger partial charge in [0.1, 0.15) is 12.1 Å². The molecule has 0 spiro atoms. The summed E-state index contributed by atoms with van der Waals surface area (Å²) in [6.07, 6.45) is 8.31. The minimum absolute atomic E-state index is 0.129. The Labute approximate surface area is 145 Å². The Morgan fingerprint density at radius 3 is 3.00 bits per heavy atom. The van der Waals surface area contributed by atoms with Gasteiger partial charge in [-0.05, 0) is 19.3 Å². The van der Waals surface area contributed by atoms with Crippen molar-refractivity contribution in [3.8, 4) is 0 Å². The lowest BCUT2D eigenvalue weighted by Gasteiger charge is -2.26. The number of rotatable bonds is 5. The second-order valence-corrected chi connectivity index (χ2v) is 6.45. The molecule has 4 heterocycles. The molecule has 0 amide bonds. The molecule has 1 fully saturated rings. The Morgan fingerprint density at radius 2 is 2.24 bits per heavy atom. The molecule has 0 aliphatic carbocycles. The predicted molar refractivity (Wildman–Crippen MR) is 92.7 cm³/mol. The molecule has 1 unspecified atom stereocenters. The molecule has 130 valence electrons. The lowest BCUT2D eigenvalue weighted by Crippen LogP contribution is -2.33. The normalized spacial score (nSPS) is 17.5. The largest absolute Gasteiger partial charge is 0.353 e. The molecular formula is C17H21N7O. The quantitative estimate of drug-likeness (QED) is 0.658. The molecule has 4 rings (SSSR count). The van der Waals surface area contributed by atoms with Crippen LogP contribution in [-0.2, 0) is 13.5 Å². The number of Topliss-reactive ketones (excluding diaryl/α,β-unsaturated/α-hetero) is 1. The van der Waals surface area contributed by atoms with Crippen LogP contribution in [0.5, 0.6) is 0 Å². The van der Waals surface area contributed by atoms with E-state index >= 15 is 0 Å². The lowest BCUT2D eigenvalue weighted by molar-refractivity contribution is 0.0974. The lowest BCUT2D eigenvalue weighted by atomic mass is 10.0. The smallest absolute Gasteiger partial charge is 0.254 e. The van der Waals surface area contributed by atoms with Gasteiger partial charge in [-0.1, -0.05) is 6.92 Å². The van der Waals surface area contributed by atoms with Crippen LogP contribution < -0.4 is 4.90 Å². The van der Waals surface area contributed by atoms with E-state index in [0.29, 0.717) is 17.8 Å². The molecule has 25 heavy (non-hydrogen) atoms. The Balaban J connectivity index is 1.63. The maximum atomic E-state index is 12.6. The summed E-state index contributed by atoms with van der Waals surface area (Å²) in [6, 6.07) is 2.22. The molecule has 0 bridgehead atoms. The first-order valence-corrected chi connectivity index (χ1v) is 8.64. The van der Waals surface area contributed by atoms with Crippen molar-refractivity contribution in [2.45, 2.75) is 38.6 Å². The molecule has 1 saturated heterocycles. The van der Waals surface area contributed by atoms with Crippen LogP contribution in [0.25, 0.3) is 5.78 Å². The number of hydrogen-bond acceptors (Lipinski definition) is 6. The van der Waals surface area contributed by atoms with E-state index in [9.17, 15) is 4.79 Å². The highest BCUT2D eigenvalue weighted by atomic mass is 16.1. The zero-order valence-corrected chi connectivity index (χ0v) is 14.5. The fourth-order valence-corrected chi connectivity index (χ4v) is 3.48. The fraction of sp³-hybridized carbons (Fsp3) is 0.471. The second kappa shape index (κ2) is 6.27. The van der Waals surface area contributed by atoms with Gasteiger partial charge in [0.25, 0.3) is 5.78 Å². The van der Waals surface area contributed by atoms with E-state index in [1.807, 2.05) is 7.05 Å². The summed E-state index contributed by atoms with van der Waals surface area (Å²) >= 11 is 0. The zero-order valence-electron chi connectivity index (χ0n) is 14.5. The van der Waals surface area contributed by atoms with E-state index in [0.717, 1.165) is 37.3 Å². The van der Waals surface area contributed by atoms with E-state index in [1.165, 1.54) is 6.33 Å². The third-order valence-corrected chi connectivity index (χ3v) is 4.77. The Bertz CT molecular complexity index is 913. The van der Waals surface area contributed by atoms with Crippen LogP contribution in [0.3, 0.4) is 0 Å². The van der Waals surface area contributed by atoms with Gasteiger partial charge in [0.15, 0.2) is 5.78 Å². The number of carbonyl (C=O) groups excluding carboxylic acids is 1. The molecular weight excluding hydrogens is 318 g/mol. The maximum absolute atomic E-state index is 12.6. The maximum Gasteiger partial charge on any atom is 0.254 e. The van der Waals surface area contributed by atoms with Crippen LogP contribution in [-0.4, -0.2) is 47.7 Å². The minimum Gasteiger partial charge on any atom is -0.353 e. The first kappa shape index (κ1) is 15.7. The summed E-state index contributed by atoms with van der Waals surface area (Å²) in [7, 11) is 1.82. The molecule has 1 atom stereocenters. The number of fused-ring (bicyclic) bond motifs is 1. The summed E-state index contributed by atoms with van der Waals surface area (Å²) in [4.78, 5) is 23.6. The van der Waals surface area contributed by atoms with Crippen LogP contribution in [0.15, 0.2) is 24.8 Å². The van der Waals surface area contributed by atoms with Gasteiger partial charge in [-0.2, -0.15) is 19.7 Å². The van der Waals surface area contributed by atoms with Gasteiger partial charge in [-0.25, -0.2) is 4.98 Å². The summed E-state index contributed by atoms with van der Waals surface area (Å²) in [5.41, 5.74) is 1.66. The van der Waals surface area contributed by atoms with Gasteiger partial charge < -0.3 is 4.90 Å². The summed E-state index contributed by atoms with van der Waals surface area (Å²) < 4.78 is 3.43. The highest BCUT2D eigenvalue weighted by Crippen LogP contribution is 2.28. The van der Waals surface area contributed by atoms with Crippen molar-refractivity contribution in [1.29, 1.82) is 0 Å². The molecule has 1 aliphatic rings. The zero-order chi connectivity index (χ0) is 17.4. The van der Waals surface area contributed by atoms with E-state index in [1.54, 1.807) is 21.6 Å². The topological polar surface area (TPSA) is 81.2 Å². The highest BCUT2D eigenvalue weighted by Gasteiger charge is 2.29. The Morgan fingerprint density at radius 1 is 1.36 bits per heavy atom. The van der Waals surface area contributed by atoms with Crippen LogP contribution >= 0.6 is 0 Å². The number of aromatic nitrogens is 6. The first-order chi connectivity index (χ1) is 12.2. The number of ketones is 1. The molecule has 8 nitrogen and oxygen atoms in total. The van der Waals surface area contributed by atoms with Crippen LogP contribution in [0, 0.1) is 0 Å². The van der Waals surface area contributed by atoms with Gasteiger partial charge in [0.2, 0.25) is 0 Å². The molecule has 3 aromatic heterocycles. The summed E-state index contributed by atoms with van der Waals surface area (Å²) in [5, 5.41) is 8.41. The van der Waals surface area contributed by atoms with Gasteiger partial charge >= 0.3 is 0 Å². The fourth-order valence-electron chi connectivity index (χ4n) is 3.48. The molecule has 8 heteroatoms. The molecule has 0 N–H and O–H groups in total. The minimum atomic E-state index is 0.129. The van der Waals surface area contributed by atoms with Crippen molar-refractivity contribution in [2.75, 3.05) is 11.4 Å². The molecule has 0 aromatic carbocycles. The number of nitrogens with zero attached hydrogens (tertiary/aromatic N) is 7. The van der Waals surface area contributed by atoms with Crippen molar-refractivity contribution < 1.29 is 4.79 Å². The van der Waals surface area contributed by atoms with Crippen molar-refractivity contribution >= 4 is 17.4 Å². The van der Waals surface area contributed by atoms with Crippen molar-refractivity contribution in [2.24, 2.45) is 7.05 Å². The number of anilines is 1. The van der Waals surface area contributed by atoms with Crippen molar-refractivity contribution in [1.82, 2.24) is 29.4 Å². The average molecular weight is 339 g/mol. The van der Waals surface area contributed by atoms with Crippen LogP contribution in [0.1, 0.15) is 42.2 Å². The van der Waals surface area contributed by atoms with E-state index < -0.39 is 0 Å². The van der Waals surface area contributed by atoms with Gasteiger partial charge in [0, 0.05) is 44.0 Å². The third kappa shape index (κ3) is 2.88. The Kier molecular flexibility index (Phi) is 3.95. The van der Waals surface area contributed by atoms with Gasteiger partial charge in [-0.3, -0.25) is 9.48 Å². The molecule has 3 aromatic rings. The van der Waals surface area contributed by atoms with Crippen molar-refractivity contribution in [3.63, 3.8) is 0 Å². The highest BCUT2D eigenvalue weighted by molar-refractivity contribution is 5.96. The number of aryl methyl sites for hydroxylation is 2. The van der Waals surface area contributed by atoms with Gasteiger partial charge in [0.05, 0.1) is 11.8 Å². The molecule has 1 aliphatic heterocycles. The number of hydrogen-bond donors (Lipinski definition) is 0. The van der Waals surface area contributed by atoms with E-state index in [4.69, 9.17) is 0 Å². The van der Waals surface area contributed by atoms with Crippen LogP contribution in [0.2, 0.25) is 0 Å². The van der Waals surface area contributed by atoms with Crippen molar-refractivity contribution in [3.05, 3.63) is 36.0 Å². The van der Waals surface area contributed by atoms with Gasteiger partial charge in [-0.15, -0.1) is 0 Å². The average Bonchev–Trinajstić information content (AvgIpc) is 3.33. The monoisotopic (exact) mass is 339 g/mol. The summed E-state index contributed by atoms with van der Waals surface area (Å²) in [5.74, 6) is 1.71. The summed E-state index contributed by atoms with van der Waals surface area (Å²) in [6.45, 7) is 2.99.